The lowest BCUT2D eigenvalue weighted by Gasteiger charge is -2.37. The zero-order chi connectivity index (χ0) is 24.1. The van der Waals surface area contributed by atoms with Crippen molar-refractivity contribution in [3.63, 3.8) is 0 Å². The number of hydrogen-bond acceptors (Lipinski definition) is 5. The van der Waals surface area contributed by atoms with Gasteiger partial charge in [-0.2, -0.15) is 13.5 Å². The Labute approximate surface area is 199 Å². The largest absolute Gasteiger partial charge is 0.286 e. The van der Waals surface area contributed by atoms with Gasteiger partial charge in [-0.05, 0) is 42.7 Å². The summed E-state index contributed by atoms with van der Waals surface area (Å²) in [6.45, 7) is 4.06. The van der Waals surface area contributed by atoms with Crippen LogP contribution in [0.2, 0.25) is 0 Å². The highest BCUT2D eigenvalue weighted by Gasteiger charge is 2.64. The Balaban J connectivity index is 1.52. The third-order valence-corrected chi connectivity index (χ3v) is 8.77. The van der Waals surface area contributed by atoms with Crippen molar-refractivity contribution < 1.29 is 17.8 Å². The van der Waals surface area contributed by atoms with E-state index in [2.05, 4.69) is 10.5 Å². The molecule has 7 nitrogen and oxygen atoms in total. The minimum absolute atomic E-state index is 0.261. The van der Waals surface area contributed by atoms with Crippen LogP contribution in [0.5, 0.6) is 0 Å². The summed E-state index contributed by atoms with van der Waals surface area (Å²) >= 11 is 0. The van der Waals surface area contributed by atoms with Crippen molar-refractivity contribution in [2.75, 3.05) is 5.75 Å². The summed E-state index contributed by atoms with van der Waals surface area (Å²) in [6, 6.07) is 18.8. The summed E-state index contributed by atoms with van der Waals surface area (Å²) in [5, 5.41) is 5.17. The van der Waals surface area contributed by atoms with Gasteiger partial charge in [0, 0.05) is 22.1 Å². The van der Waals surface area contributed by atoms with Crippen LogP contribution in [0.4, 0.5) is 0 Å². The molecule has 0 spiro atoms. The Hall–Kier alpha value is -3.10. The van der Waals surface area contributed by atoms with Gasteiger partial charge < -0.3 is 0 Å². The van der Waals surface area contributed by atoms with Gasteiger partial charge in [0.15, 0.2) is 0 Å². The van der Waals surface area contributed by atoms with Crippen LogP contribution in [0.1, 0.15) is 43.5 Å². The van der Waals surface area contributed by atoms with E-state index in [4.69, 9.17) is 4.98 Å². The molecule has 2 fully saturated rings. The van der Waals surface area contributed by atoms with E-state index < -0.39 is 15.5 Å². The number of benzene rings is 2. The quantitative estimate of drug-likeness (QED) is 0.409. The highest BCUT2D eigenvalue weighted by molar-refractivity contribution is 7.85. The van der Waals surface area contributed by atoms with E-state index in [1.54, 1.807) is 6.07 Å². The fourth-order valence-electron chi connectivity index (χ4n) is 5.90. The standard InChI is InChI=1S/C26H27N3O4S/c1-25(2)18-12-13-26(25,16-34(31,32)33)23(14-18)28-29-24(30)20-15-22(17-8-4-3-5-9-17)27-21-11-7-6-10-19(20)21/h3-11,15,18H,12-14,16H2,1-2H3,(H,29,30)(H,31,32,33)/b28-23-/t18-,26+/m0/s1. The van der Waals surface area contributed by atoms with Crippen LogP contribution >= 0.6 is 0 Å². The Morgan fingerprint density at radius 1 is 1.15 bits per heavy atom. The Bertz CT molecular complexity index is 1420. The molecule has 2 aromatic carbocycles. The predicted molar refractivity (Wildman–Crippen MR) is 132 cm³/mol. The van der Waals surface area contributed by atoms with Gasteiger partial charge in [0.25, 0.3) is 16.0 Å². The van der Waals surface area contributed by atoms with Gasteiger partial charge in [-0.3, -0.25) is 9.35 Å². The lowest BCUT2D eigenvalue weighted by Crippen LogP contribution is -2.43. The average Bonchev–Trinajstić information content (AvgIpc) is 3.16. The second-order valence-electron chi connectivity index (χ2n) is 9.91. The maximum absolute atomic E-state index is 13.3. The molecule has 1 amide bonds. The fourth-order valence-corrected chi connectivity index (χ4v) is 7.21. The van der Waals surface area contributed by atoms with Gasteiger partial charge in [0.05, 0.1) is 22.5 Å². The van der Waals surface area contributed by atoms with Crippen LogP contribution in [0.15, 0.2) is 65.8 Å². The van der Waals surface area contributed by atoms with E-state index >= 15 is 0 Å². The summed E-state index contributed by atoms with van der Waals surface area (Å²) in [6.07, 6.45) is 2.11. The second-order valence-corrected chi connectivity index (χ2v) is 11.4. The Morgan fingerprint density at radius 3 is 2.56 bits per heavy atom. The van der Waals surface area contributed by atoms with Crippen molar-refractivity contribution in [3.8, 4) is 11.3 Å². The van der Waals surface area contributed by atoms with Crippen molar-refractivity contribution in [3.05, 3.63) is 66.2 Å². The molecule has 1 aromatic heterocycles. The van der Waals surface area contributed by atoms with E-state index in [0.717, 1.165) is 12.0 Å². The van der Waals surface area contributed by atoms with Crippen molar-refractivity contribution >= 4 is 32.6 Å². The number of rotatable bonds is 5. The van der Waals surface area contributed by atoms with E-state index in [1.165, 1.54) is 0 Å². The predicted octanol–water partition coefficient (Wildman–Crippen LogP) is 4.70. The monoisotopic (exact) mass is 477 g/mol. The molecule has 3 aromatic rings. The number of pyridine rings is 1. The number of fused-ring (bicyclic) bond motifs is 3. The SMILES string of the molecule is CC1(C)[C@H]2CC[C@@]1(CS(=O)(=O)O)/C(=N\NC(=O)c1cc(-c3ccccc3)nc3ccccc13)C2. The highest BCUT2D eigenvalue weighted by Crippen LogP contribution is 2.64. The van der Waals surface area contributed by atoms with E-state index in [1.807, 2.05) is 68.4 Å². The second kappa shape index (κ2) is 7.99. The van der Waals surface area contributed by atoms with Gasteiger partial charge in [0.1, 0.15) is 0 Å². The zero-order valence-electron chi connectivity index (χ0n) is 19.2. The number of carbonyl (C=O) groups is 1. The van der Waals surface area contributed by atoms with E-state index in [-0.39, 0.29) is 23.0 Å². The van der Waals surface area contributed by atoms with Gasteiger partial charge >= 0.3 is 0 Å². The van der Waals surface area contributed by atoms with Crippen molar-refractivity contribution in [2.24, 2.45) is 21.8 Å². The molecule has 0 radical (unpaired) electrons. The molecule has 2 atom stereocenters. The molecule has 2 N–H and O–H groups in total. The lowest BCUT2D eigenvalue weighted by atomic mass is 9.70. The third-order valence-electron chi connectivity index (χ3n) is 7.92. The molecule has 1 heterocycles. The summed E-state index contributed by atoms with van der Waals surface area (Å²) < 4.78 is 33.5. The van der Waals surface area contributed by atoms with Crippen molar-refractivity contribution in [1.82, 2.24) is 10.4 Å². The first-order chi connectivity index (χ1) is 16.1. The maximum Gasteiger partial charge on any atom is 0.272 e. The molecule has 2 aliphatic rings. The Morgan fingerprint density at radius 2 is 1.85 bits per heavy atom. The van der Waals surface area contributed by atoms with Crippen LogP contribution < -0.4 is 5.43 Å². The average molecular weight is 478 g/mol. The molecule has 0 saturated heterocycles. The molecular weight excluding hydrogens is 450 g/mol. The zero-order valence-corrected chi connectivity index (χ0v) is 20.0. The number of hydrazone groups is 1. The summed E-state index contributed by atoms with van der Waals surface area (Å²) in [5.74, 6) is -0.503. The lowest BCUT2D eigenvalue weighted by molar-refractivity contribution is 0.0955. The first-order valence-corrected chi connectivity index (χ1v) is 13.0. The highest BCUT2D eigenvalue weighted by atomic mass is 32.2. The molecule has 2 aliphatic carbocycles. The summed E-state index contributed by atoms with van der Waals surface area (Å²) in [4.78, 5) is 18.1. The van der Waals surface area contributed by atoms with Crippen LogP contribution in [-0.2, 0) is 10.1 Å². The normalized spacial score (nSPS) is 24.6. The molecule has 5 rings (SSSR count). The van der Waals surface area contributed by atoms with Gasteiger partial charge in [-0.15, -0.1) is 0 Å². The first kappa shape index (κ1) is 22.7. The molecule has 34 heavy (non-hydrogen) atoms. The number of aromatic nitrogens is 1. The number of para-hydroxylation sites is 1. The smallest absolute Gasteiger partial charge is 0.272 e. The van der Waals surface area contributed by atoms with Crippen LogP contribution in [0.25, 0.3) is 22.2 Å². The minimum Gasteiger partial charge on any atom is -0.286 e. The first-order valence-electron chi connectivity index (χ1n) is 11.4. The molecule has 176 valence electrons. The van der Waals surface area contributed by atoms with Crippen LogP contribution in [0.3, 0.4) is 0 Å². The third kappa shape index (κ3) is 3.71. The van der Waals surface area contributed by atoms with Gasteiger partial charge in [-0.25, -0.2) is 10.4 Å². The van der Waals surface area contributed by atoms with Gasteiger partial charge in [0.2, 0.25) is 0 Å². The molecule has 2 bridgehead atoms. The Kier molecular flexibility index (Phi) is 5.33. The van der Waals surface area contributed by atoms with Crippen LogP contribution in [0, 0.1) is 16.7 Å². The minimum atomic E-state index is -4.21. The van der Waals surface area contributed by atoms with E-state index in [9.17, 15) is 17.8 Å². The summed E-state index contributed by atoms with van der Waals surface area (Å²) in [5.41, 5.74) is 4.93. The number of nitrogens with zero attached hydrogens (tertiary/aromatic N) is 2. The van der Waals surface area contributed by atoms with Gasteiger partial charge in [-0.1, -0.05) is 62.4 Å². The summed E-state index contributed by atoms with van der Waals surface area (Å²) in [7, 11) is -4.21. The van der Waals surface area contributed by atoms with E-state index in [0.29, 0.717) is 40.7 Å². The molecule has 2 saturated carbocycles. The number of nitrogens with one attached hydrogen (secondary N) is 1. The molecular formula is C26H27N3O4S. The molecule has 0 aliphatic heterocycles. The molecule has 8 heteroatoms. The number of carbonyl (C=O) groups excluding carboxylic acids is 1. The van der Waals surface area contributed by atoms with Crippen molar-refractivity contribution in [1.29, 1.82) is 0 Å². The van der Waals surface area contributed by atoms with Crippen LogP contribution in [-0.4, -0.2) is 35.3 Å². The molecule has 0 unspecified atom stereocenters. The number of hydrogen-bond donors (Lipinski definition) is 2. The maximum atomic E-state index is 13.3. The topological polar surface area (TPSA) is 109 Å². The fraction of sp³-hybridized carbons (Fsp3) is 0.346. The number of amides is 1. The van der Waals surface area contributed by atoms with Crippen molar-refractivity contribution in [2.45, 2.75) is 33.1 Å².